The monoisotopic (exact) mass is 455 g/mol. The molecule has 3 N–H and O–H groups in total. The molecule has 0 aliphatic heterocycles. The Labute approximate surface area is 159 Å². The summed E-state index contributed by atoms with van der Waals surface area (Å²) in [6, 6.07) is 13.5. The van der Waals surface area contributed by atoms with E-state index in [1.807, 2.05) is 42.5 Å². The Morgan fingerprint density at radius 2 is 1.77 bits per heavy atom. The Kier molecular flexibility index (Phi) is 3.35. The highest BCUT2D eigenvalue weighted by atomic mass is 127. The standard InChI is InChI=1S/C17H10IN7O/c18-8-5-6-12-10(7-8)14(16(26)20-12)23-25-17-21-15-13(22-24-17)9-3-1-2-4-11(9)19-15/h1-7,20,26H,(H,19,21,24). The van der Waals surface area contributed by atoms with Gasteiger partial charge in [0.2, 0.25) is 5.88 Å². The molecular formula is C17H10IN7O. The van der Waals surface area contributed by atoms with Crippen LogP contribution in [0.3, 0.4) is 0 Å². The molecule has 3 aromatic heterocycles. The van der Waals surface area contributed by atoms with Crippen molar-refractivity contribution in [2.24, 2.45) is 10.2 Å². The predicted molar refractivity (Wildman–Crippen MR) is 106 cm³/mol. The van der Waals surface area contributed by atoms with E-state index < -0.39 is 0 Å². The first-order valence-corrected chi connectivity index (χ1v) is 8.80. The minimum Gasteiger partial charge on any atom is -0.493 e. The van der Waals surface area contributed by atoms with Gasteiger partial charge >= 0.3 is 0 Å². The van der Waals surface area contributed by atoms with Gasteiger partial charge in [-0.1, -0.05) is 18.2 Å². The summed E-state index contributed by atoms with van der Waals surface area (Å²) in [5.41, 5.74) is 3.33. The smallest absolute Gasteiger partial charge is 0.289 e. The van der Waals surface area contributed by atoms with E-state index in [1.54, 1.807) is 0 Å². The number of hydrogen-bond donors (Lipinski definition) is 3. The molecule has 0 amide bonds. The molecule has 0 saturated carbocycles. The number of hydrogen-bond acceptors (Lipinski definition) is 6. The fraction of sp³-hybridized carbons (Fsp3) is 0. The molecule has 0 spiro atoms. The van der Waals surface area contributed by atoms with E-state index in [2.05, 4.69) is 58.0 Å². The van der Waals surface area contributed by atoms with Crippen molar-refractivity contribution in [2.45, 2.75) is 0 Å². The summed E-state index contributed by atoms with van der Waals surface area (Å²) in [5.74, 6) is 0.0637. The molecular weight excluding hydrogens is 445 g/mol. The number of rotatable bonds is 2. The molecule has 3 heterocycles. The fourth-order valence-electron chi connectivity index (χ4n) is 2.89. The quantitative estimate of drug-likeness (QED) is 0.264. The van der Waals surface area contributed by atoms with Gasteiger partial charge in [0.1, 0.15) is 5.52 Å². The molecule has 5 rings (SSSR count). The van der Waals surface area contributed by atoms with Gasteiger partial charge in [0.05, 0.1) is 5.52 Å². The fourth-order valence-corrected chi connectivity index (χ4v) is 3.38. The normalized spacial score (nSPS) is 12.0. The maximum Gasteiger partial charge on any atom is 0.289 e. The highest BCUT2D eigenvalue weighted by Gasteiger charge is 2.12. The van der Waals surface area contributed by atoms with Gasteiger partial charge in [0.25, 0.3) is 5.95 Å². The van der Waals surface area contributed by atoms with Gasteiger partial charge in [-0.05, 0) is 46.9 Å². The van der Waals surface area contributed by atoms with Crippen LogP contribution in [0, 0.1) is 3.57 Å². The molecule has 26 heavy (non-hydrogen) atoms. The van der Waals surface area contributed by atoms with Crippen molar-refractivity contribution in [3.05, 3.63) is 46.0 Å². The lowest BCUT2D eigenvalue weighted by atomic mass is 10.2. The largest absolute Gasteiger partial charge is 0.493 e. The molecule has 0 aliphatic rings. The van der Waals surface area contributed by atoms with Crippen molar-refractivity contribution in [3.8, 4) is 5.88 Å². The number of benzene rings is 2. The summed E-state index contributed by atoms with van der Waals surface area (Å²) in [6.07, 6.45) is 0. The van der Waals surface area contributed by atoms with Crippen LogP contribution in [-0.4, -0.2) is 30.3 Å². The van der Waals surface area contributed by atoms with Crippen LogP contribution in [-0.2, 0) is 0 Å². The second kappa shape index (κ2) is 5.73. The lowest BCUT2D eigenvalue weighted by Gasteiger charge is -1.93. The molecule has 0 unspecified atom stereocenters. The second-order valence-corrected chi connectivity index (χ2v) is 6.94. The third-order valence-electron chi connectivity index (χ3n) is 4.06. The van der Waals surface area contributed by atoms with E-state index in [0.29, 0.717) is 16.9 Å². The minimum absolute atomic E-state index is 0.0506. The number of aromatic hydroxyl groups is 1. The molecule has 0 saturated heterocycles. The number of fused-ring (bicyclic) bond motifs is 4. The van der Waals surface area contributed by atoms with Gasteiger partial charge in [-0.3, -0.25) is 0 Å². The molecule has 0 bridgehead atoms. The lowest BCUT2D eigenvalue weighted by Crippen LogP contribution is -1.86. The Morgan fingerprint density at radius 3 is 2.69 bits per heavy atom. The zero-order valence-corrected chi connectivity index (χ0v) is 15.3. The Morgan fingerprint density at radius 1 is 0.923 bits per heavy atom. The predicted octanol–water partition coefficient (Wildman–Crippen LogP) is 4.71. The van der Waals surface area contributed by atoms with E-state index in [-0.39, 0.29) is 11.8 Å². The van der Waals surface area contributed by atoms with E-state index in [1.165, 1.54) is 0 Å². The zero-order valence-electron chi connectivity index (χ0n) is 13.1. The maximum atomic E-state index is 10.1. The first-order chi connectivity index (χ1) is 12.7. The van der Waals surface area contributed by atoms with Crippen molar-refractivity contribution in [1.82, 2.24) is 25.1 Å². The minimum atomic E-state index is -0.0506. The van der Waals surface area contributed by atoms with E-state index in [4.69, 9.17) is 0 Å². The first kappa shape index (κ1) is 15.2. The zero-order chi connectivity index (χ0) is 17.7. The first-order valence-electron chi connectivity index (χ1n) is 7.72. The number of aromatic amines is 2. The topological polar surface area (TPSA) is 115 Å². The van der Waals surface area contributed by atoms with E-state index in [9.17, 15) is 5.11 Å². The van der Waals surface area contributed by atoms with Gasteiger partial charge in [-0.15, -0.1) is 20.4 Å². The molecule has 9 heteroatoms. The van der Waals surface area contributed by atoms with Gasteiger partial charge < -0.3 is 15.1 Å². The van der Waals surface area contributed by atoms with Crippen LogP contribution in [0.2, 0.25) is 0 Å². The Balaban J connectivity index is 1.60. The molecule has 2 aromatic carbocycles. The maximum absolute atomic E-state index is 10.1. The highest BCUT2D eigenvalue weighted by molar-refractivity contribution is 14.1. The van der Waals surface area contributed by atoms with Crippen molar-refractivity contribution < 1.29 is 5.11 Å². The van der Waals surface area contributed by atoms with Crippen molar-refractivity contribution in [2.75, 3.05) is 0 Å². The van der Waals surface area contributed by atoms with E-state index in [0.717, 1.165) is 25.4 Å². The molecule has 0 atom stereocenters. The van der Waals surface area contributed by atoms with Crippen LogP contribution in [0.25, 0.3) is 33.0 Å². The Hall–Kier alpha value is -3.08. The van der Waals surface area contributed by atoms with Crippen LogP contribution in [0.4, 0.5) is 11.6 Å². The summed E-state index contributed by atoms with van der Waals surface area (Å²) in [6.45, 7) is 0. The second-order valence-electron chi connectivity index (χ2n) is 5.69. The van der Waals surface area contributed by atoms with Gasteiger partial charge in [0.15, 0.2) is 11.3 Å². The van der Waals surface area contributed by atoms with Crippen molar-refractivity contribution in [3.63, 3.8) is 0 Å². The third kappa shape index (κ3) is 2.39. The number of azo groups is 1. The number of para-hydroxylation sites is 1. The summed E-state index contributed by atoms with van der Waals surface area (Å²) in [4.78, 5) is 10.4. The van der Waals surface area contributed by atoms with Gasteiger partial charge in [0, 0.05) is 19.9 Å². The summed E-state index contributed by atoms with van der Waals surface area (Å²) in [5, 5.41) is 28.2. The van der Waals surface area contributed by atoms with E-state index >= 15 is 0 Å². The average Bonchev–Trinajstić information content (AvgIpc) is 3.16. The number of H-pyrrole nitrogens is 2. The molecule has 0 aliphatic carbocycles. The molecule has 0 radical (unpaired) electrons. The van der Waals surface area contributed by atoms with Crippen molar-refractivity contribution >= 4 is 67.2 Å². The van der Waals surface area contributed by atoms with Crippen LogP contribution in [0.15, 0.2) is 52.7 Å². The molecule has 5 aromatic rings. The lowest BCUT2D eigenvalue weighted by molar-refractivity contribution is 0.459. The summed E-state index contributed by atoms with van der Waals surface area (Å²) < 4.78 is 1.03. The highest BCUT2D eigenvalue weighted by Crippen LogP contribution is 2.36. The number of nitrogens with one attached hydrogen (secondary N) is 2. The summed E-state index contributed by atoms with van der Waals surface area (Å²) >= 11 is 2.20. The van der Waals surface area contributed by atoms with Crippen LogP contribution < -0.4 is 0 Å². The van der Waals surface area contributed by atoms with Gasteiger partial charge in [-0.2, -0.15) is 4.98 Å². The molecule has 0 fully saturated rings. The SMILES string of the molecule is Oc1[nH]c2ccc(I)cc2c1N=Nc1nnc2c(n1)[nH]c1ccccc12. The number of nitrogens with zero attached hydrogens (tertiary/aromatic N) is 5. The average molecular weight is 455 g/mol. The Bertz CT molecular complexity index is 1320. The van der Waals surface area contributed by atoms with Crippen LogP contribution >= 0.6 is 22.6 Å². The summed E-state index contributed by atoms with van der Waals surface area (Å²) in [7, 11) is 0. The number of aromatic nitrogens is 5. The molecule has 8 nitrogen and oxygen atoms in total. The molecule has 126 valence electrons. The number of halogens is 1. The van der Waals surface area contributed by atoms with Crippen LogP contribution in [0.5, 0.6) is 5.88 Å². The third-order valence-corrected chi connectivity index (χ3v) is 4.74. The van der Waals surface area contributed by atoms with Crippen LogP contribution in [0.1, 0.15) is 0 Å². The van der Waals surface area contributed by atoms with Gasteiger partial charge in [-0.25, -0.2) is 0 Å². The van der Waals surface area contributed by atoms with Crippen molar-refractivity contribution in [1.29, 1.82) is 0 Å².